The molecule has 2 heterocycles. The Labute approximate surface area is 124 Å². The van der Waals surface area contributed by atoms with Crippen molar-refractivity contribution in [2.24, 2.45) is 0 Å². The summed E-state index contributed by atoms with van der Waals surface area (Å²) in [7, 11) is 0. The summed E-state index contributed by atoms with van der Waals surface area (Å²) in [6.45, 7) is 4.03. The largest absolute Gasteiger partial charge is 0.493 e. The predicted molar refractivity (Wildman–Crippen MR) is 82.5 cm³/mol. The SMILES string of the molecule is CCC(NCCc1nccs1)c1ccc2c(c1)CCO2. The first-order valence-electron chi connectivity index (χ1n) is 7.24. The van der Waals surface area contributed by atoms with Gasteiger partial charge in [0.05, 0.1) is 11.6 Å². The highest BCUT2D eigenvalue weighted by molar-refractivity contribution is 7.09. The smallest absolute Gasteiger partial charge is 0.122 e. The van der Waals surface area contributed by atoms with Crippen LogP contribution in [0.3, 0.4) is 0 Å². The van der Waals surface area contributed by atoms with Crippen LogP contribution in [0, 0.1) is 0 Å². The number of nitrogens with zero attached hydrogens (tertiary/aromatic N) is 1. The lowest BCUT2D eigenvalue weighted by Gasteiger charge is -2.18. The van der Waals surface area contributed by atoms with Gasteiger partial charge in [0.2, 0.25) is 0 Å². The fraction of sp³-hybridized carbons (Fsp3) is 0.438. The van der Waals surface area contributed by atoms with E-state index < -0.39 is 0 Å². The summed E-state index contributed by atoms with van der Waals surface area (Å²) >= 11 is 1.73. The summed E-state index contributed by atoms with van der Waals surface area (Å²) in [4.78, 5) is 4.32. The van der Waals surface area contributed by atoms with E-state index in [1.165, 1.54) is 16.1 Å². The fourth-order valence-electron chi connectivity index (χ4n) is 2.65. The van der Waals surface area contributed by atoms with Crippen LogP contribution >= 0.6 is 11.3 Å². The number of rotatable bonds is 6. The second kappa shape index (κ2) is 6.37. The van der Waals surface area contributed by atoms with Gasteiger partial charge in [0.15, 0.2) is 0 Å². The Kier molecular flexibility index (Phi) is 4.33. The summed E-state index contributed by atoms with van der Waals surface area (Å²) in [5.74, 6) is 1.06. The first-order chi connectivity index (χ1) is 9.86. The normalized spacial score (nSPS) is 14.8. The molecule has 3 nitrogen and oxygen atoms in total. The Balaban J connectivity index is 1.61. The Bertz CT molecular complexity index is 554. The van der Waals surface area contributed by atoms with E-state index in [1.54, 1.807) is 11.3 Å². The molecule has 0 saturated heterocycles. The molecule has 1 unspecified atom stereocenters. The van der Waals surface area contributed by atoms with Crippen LogP contribution in [0.1, 0.15) is 35.5 Å². The third kappa shape index (κ3) is 3.02. The van der Waals surface area contributed by atoms with E-state index in [4.69, 9.17) is 4.74 Å². The summed E-state index contributed by atoms with van der Waals surface area (Å²) in [6, 6.07) is 7.02. The van der Waals surface area contributed by atoms with Crippen molar-refractivity contribution in [2.75, 3.05) is 13.2 Å². The van der Waals surface area contributed by atoms with Crippen LogP contribution < -0.4 is 10.1 Å². The average Bonchev–Trinajstić information content (AvgIpc) is 3.13. The van der Waals surface area contributed by atoms with E-state index in [1.807, 2.05) is 11.6 Å². The van der Waals surface area contributed by atoms with Crippen LogP contribution in [0.4, 0.5) is 0 Å². The Hall–Kier alpha value is -1.39. The molecule has 0 aliphatic carbocycles. The number of fused-ring (bicyclic) bond motifs is 1. The van der Waals surface area contributed by atoms with Gasteiger partial charge in [-0.1, -0.05) is 19.1 Å². The van der Waals surface area contributed by atoms with Crippen LogP contribution in [0.2, 0.25) is 0 Å². The zero-order valence-electron chi connectivity index (χ0n) is 11.8. The van der Waals surface area contributed by atoms with Crippen molar-refractivity contribution in [2.45, 2.75) is 32.2 Å². The van der Waals surface area contributed by atoms with Crippen LogP contribution in [0.15, 0.2) is 29.8 Å². The molecule has 3 rings (SSSR count). The monoisotopic (exact) mass is 288 g/mol. The minimum absolute atomic E-state index is 0.417. The molecule has 0 fully saturated rings. The first kappa shape index (κ1) is 13.6. The number of hydrogen-bond acceptors (Lipinski definition) is 4. The number of nitrogens with one attached hydrogen (secondary N) is 1. The van der Waals surface area contributed by atoms with Gasteiger partial charge in [-0.25, -0.2) is 4.98 Å². The van der Waals surface area contributed by atoms with Crippen LogP contribution in [0.25, 0.3) is 0 Å². The maximum absolute atomic E-state index is 5.57. The number of thiazole rings is 1. The highest BCUT2D eigenvalue weighted by atomic mass is 32.1. The van der Waals surface area contributed by atoms with Crippen molar-refractivity contribution >= 4 is 11.3 Å². The van der Waals surface area contributed by atoms with Gasteiger partial charge in [0, 0.05) is 37.0 Å². The van der Waals surface area contributed by atoms with Crippen LogP contribution in [-0.4, -0.2) is 18.1 Å². The molecule has 106 valence electrons. The molecule has 1 aliphatic rings. The van der Waals surface area contributed by atoms with Gasteiger partial charge in [-0.2, -0.15) is 0 Å². The summed E-state index contributed by atoms with van der Waals surface area (Å²) < 4.78 is 5.57. The van der Waals surface area contributed by atoms with Gasteiger partial charge >= 0.3 is 0 Å². The Morgan fingerprint density at radius 1 is 1.45 bits per heavy atom. The van der Waals surface area contributed by atoms with Crippen molar-refractivity contribution in [1.82, 2.24) is 10.3 Å². The molecule has 2 aromatic rings. The molecule has 4 heteroatoms. The molecule has 0 spiro atoms. The van der Waals surface area contributed by atoms with Gasteiger partial charge in [0.1, 0.15) is 5.75 Å². The van der Waals surface area contributed by atoms with E-state index >= 15 is 0 Å². The lowest BCUT2D eigenvalue weighted by Crippen LogP contribution is -2.23. The molecule has 0 saturated carbocycles. The molecule has 1 aromatic heterocycles. The van der Waals surface area contributed by atoms with Crippen LogP contribution in [0.5, 0.6) is 5.75 Å². The maximum Gasteiger partial charge on any atom is 0.122 e. The van der Waals surface area contributed by atoms with Gasteiger partial charge in [-0.05, 0) is 23.6 Å². The zero-order chi connectivity index (χ0) is 13.8. The van der Waals surface area contributed by atoms with E-state index in [9.17, 15) is 0 Å². The summed E-state index contributed by atoms with van der Waals surface area (Å²) in [5.41, 5.74) is 2.72. The zero-order valence-corrected chi connectivity index (χ0v) is 12.6. The molecule has 20 heavy (non-hydrogen) atoms. The van der Waals surface area contributed by atoms with Crippen molar-refractivity contribution in [3.8, 4) is 5.75 Å². The van der Waals surface area contributed by atoms with Gasteiger partial charge in [-0.15, -0.1) is 11.3 Å². The Morgan fingerprint density at radius 3 is 3.20 bits per heavy atom. The third-order valence-electron chi connectivity index (χ3n) is 3.74. The van der Waals surface area contributed by atoms with Gasteiger partial charge < -0.3 is 10.1 Å². The van der Waals surface area contributed by atoms with Crippen molar-refractivity contribution < 1.29 is 4.74 Å². The highest BCUT2D eigenvalue weighted by Crippen LogP contribution is 2.29. The van der Waals surface area contributed by atoms with Crippen molar-refractivity contribution in [3.05, 3.63) is 45.9 Å². The minimum Gasteiger partial charge on any atom is -0.493 e. The average molecular weight is 288 g/mol. The number of hydrogen-bond donors (Lipinski definition) is 1. The lowest BCUT2D eigenvalue weighted by atomic mass is 10.0. The highest BCUT2D eigenvalue weighted by Gasteiger charge is 2.15. The fourth-order valence-corrected chi connectivity index (χ4v) is 3.27. The van der Waals surface area contributed by atoms with Crippen molar-refractivity contribution in [3.63, 3.8) is 0 Å². The molecule has 1 aliphatic heterocycles. The summed E-state index contributed by atoms with van der Waals surface area (Å²) in [6.07, 6.45) is 5.01. The van der Waals surface area contributed by atoms with E-state index in [-0.39, 0.29) is 0 Å². The molecule has 0 bridgehead atoms. The van der Waals surface area contributed by atoms with E-state index in [0.717, 1.165) is 38.2 Å². The van der Waals surface area contributed by atoms with Crippen molar-refractivity contribution in [1.29, 1.82) is 0 Å². The summed E-state index contributed by atoms with van der Waals surface area (Å²) in [5, 5.41) is 6.88. The molecule has 1 N–H and O–H groups in total. The van der Waals surface area contributed by atoms with Crippen LogP contribution in [-0.2, 0) is 12.8 Å². The number of ether oxygens (including phenoxy) is 1. The molecule has 0 amide bonds. The van der Waals surface area contributed by atoms with Gasteiger partial charge in [-0.3, -0.25) is 0 Å². The lowest BCUT2D eigenvalue weighted by molar-refractivity contribution is 0.356. The third-order valence-corrected chi connectivity index (χ3v) is 4.58. The minimum atomic E-state index is 0.417. The Morgan fingerprint density at radius 2 is 2.40 bits per heavy atom. The number of benzene rings is 1. The van der Waals surface area contributed by atoms with Gasteiger partial charge in [0.25, 0.3) is 0 Å². The first-order valence-corrected chi connectivity index (χ1v) is 8.12. The second-order valence-electron chi connectivity index (χ2n) is 5.06. The predicted octanol–water partition coefficient (Wildman–Crippen LogP) is 3.36. The molecule has 1 atom stereocenters. The second-order valence-corrected chi connectivity index (χ2v) is 6.04. The topological polar surface area (TPSA) is 34.2 Å². The molecule has 0 radical (unpaired) electrons. The maximum atomic E-state index is 5.57. The molecule has 1 aromatic carbocycles. The van der Waals surface area contributed by atoms with E-state index in [0.29, 0.717) is 6.04 Å². The quantitative estimate of drug-likeness (QED) is 0.885. The standard InChI is InChI=1S/C16H20N2OS/c1-2-14(17-7-5-16-18-8-10-20-16)12-3-4-15-13(11-12)6-9-19-15/h3-4,8,10-11,14,17H,2,5-7,9H2,1H3. The molecular formula is C16H20N2OS. The number of aromatic nitrogens is 1. The molecular weight excluding hydrogens is 268 g/mol. The van der Waals surface area contributed by atoms with E-state index in [2.05, 4.69) is 35.4 Å².